The quantitative estimate of drug-likeness (QED) is 0.339. The summed E-state index contributed by atoms with van der Waals surface area (Å²) in [5.41, 5.74) is 5.79. The van der Waals surface area contributed by atoms with E-state index in [4.69, 9.17) is 5.73 Å². The minimum atomic E-state index is -0.525. The van der Waals surface area contributed by atoms with Crippen LogP contribution in [0.3, 0.4) is 0 Å². The second kappa shape index (κ2) is 6.84. The SMILES string of the molecule is C=CCCCCCC(=O)c1cccc(F)c1N. The molecule has 0 saturated heterocycles. The van der Waals surface area contributed by atoms with Gasteiger partial charge in [-0.25, -0.2) is 4.39 Å². The van der Waals surface area contributed by atoms with Crippen molar-refractivity contribution >= 4 is 11.5 Å². The number of halogens is 1. The summed E-state index contributed by atoms with van der Waals surface area (Å²) in [5, 5.41) is 0. The van der Waals surface area contributed by atoms with Crippen molar-refractivity contribution in [1.29, 1.82) is 0 Å². The first-order chi connectivity index (χ1) is 8.16. The molecule has 17 heavy (non-hydrogen) atoms. The van der Waals surface area contributed by atoms with E-state index in [0.717, 1.165) is 25.7 Å². The number of para-hydroxylation sites is 1. The Hall–Kier alpha value is -1.64. The Balaban J connectivity index is 2.47. The molecular formula is C14H18FNO. The molecule has 0 atom stereocenters. The number of benzene rings is 1. The van der Waals surface area contributed by atoms with Crippen molar-refractivity contribution in [3.05, 3.63) is 42.2 Å². The number of unbranched alkanes of at least 4 members (excludes halogenated alkanes) is 3. The first-order valence-electron chi connectivity index (χ1n) is 5.85. The molecule has 0 aliphatic rings. The van der Waals surface area contributed by atoms with Crippen molar-refractivity contribution in [1.82, 2.24) is 0 Å². The average molecular weight is 235 g/mol. The second-order valence-corrected chi connectivity index (χ2v) is 4.01. The third-order valence-corrected chi connectivity index (χ3v) is 2.67. The van der Waals surface area contributed by atoms with E-state index in [9.17, 15) is 9.18 Å². The average Bonchev–Trinajstić information content (AvgIpc) is 2.32. The van der Waals surface area contributed by atoms with Gasteiger partial charge in [-0.05, 0) is 31.4 Å². The molecule has 0 spiro atoms. The number of carbonyl (C=O) groups is 1. The highest BCUT2D eigenvalue weighted by Gasteiger charge is 2.11. The maximum Gasteiger partial charge on any atom is 0.165 e. The van der Waals surface area contributed by atoms with Crippen LogP contribution < -0.4 is 5.73 Å². The van der Waals surface area contributed by atoms with E-state index < -0.39 is 5.82 Å². The van der Waals surface area contributed by atoms with Crippen molar-refractivity contribution in [2.45, 2.75) is 32.1 Å². The zero-order chi connectivity index (χ0) is 12.7. The van der Waals surface area contributed by atoms with Crippen LogP contribution in [0.1, 0.15) is 42.5 Å². The van der Waals surface area contributed by atoms with E-state index >= 15 is 0 Å². The summed E-state index contributed by atoms with van der Waals surface area (Å²) >= 11 is 0. The fourth-order valence-electron chi connectivity index (χ4n) is 1.67. The van der Waals surface area contributed by atoms with Gasteiger partial charge < -0.3 is 5.73 Å². The summed E-state index contributed by atoms with van der Waals surface area (Å²) in [6, 6.07) is 4.34. The maximum atomic E-state index is 13.1. The van der Waals surface area contributed by atoms with E-state index in [2.05, 4.69) is 6.58 Å². The summed E-state index contributed by atoms with van der Waals surface area (Å²) < 4.78 is 13.1. The van der Waals surface area contributed by atoms with Gasteiger partial charge in [-0.1, -0.05) is 18.6 Å². The van der Waals surface area contributed by atoms with Gasteiger partial charge in [-0.2, -0.15) is 0 Å². The maximum absolute atomic E-state index is 13.1. The van der Waals surface area contributed by atoms with Crippen LogP contribution in [0.2, 0.25) is 0 Å². The minimum Gasteiger partial charge on any atom is -0.396 e. The predicted octanol–water partition coefficient (Wildman–Crippen LogP) is 3.73. The lowest BCUT2D eigenvalue weighted by molar-refractivity contribution is 0.0979. The first kappa shape index (κ1) is 13.4. The molecular weight excluding hydrogens is 217 g/mol. The van der Waals surface area contributed by atoms with E-state index in [0.29, 0.717) is 12.0 Å². The van der Waals surface area contributed by atoms with Crippen LogP contribution in [0.25, 0.3) is 0 Å². The molecule has 2 N–H and O–H groups in total. The summed E-state index contributed by atoms with van der Waals surface area (Å²) in [5.74, 6) is -0.608. The Morgan fingerprint density at radius 2 is 2.12 bits per heavy atom. The lowest BCUT2D eigenvalue weighted by Gasteiger charge is -2.05. The Bertz CT molecular complexity index is 401. The second-order valence-electron chi connectivity index (χ2n) is 4.01. The zero-order valence-corrected chi connectivity index (χ0v) is 9.92. The first-order valence-corrected chi connectivity index (χ1v) is 5.85. The topological polar surface area (TPSA) is 43.1 Å². The number of nitrogens with two attached hydrogens (primary N) is 1. The molecule has 0 aliphatic heterocycles. The number of hydrogen-bond donors (Lipinski definition) is 1. The highest BCUT2D eigenvalue weighted by Crippen LogP contribution is 2.18. The van der Waals surface area contributed by atoms with Crippen LogP contribution in [0.5, 0.6) is 0 Å². The Kier molecular flexibility index (Phi) is 5.40. The lowest BCUT2D eigenvalue weighted by Crippen LogP contribution is -2.05. The Morgan fingerprint density at radius 1 is 1.35 bits per heavy atom. The Labute approximate surface area is 101 Å². The number of ketones is 1. The van der Waals surface area contributed by atoms with Crippen LogP contribution >= 0.6 is 0 Å². The number of allylic oxidation sites excluding steroid dienone is 1. The Morgan fingerprint density at radius 3 is 2.82 bits per heavy atom. The van der Waals surface area contributed by atoms with Gasteiger partial charge in [0.25, 0.3) is 0 Å². The summed E-state index contributed by atoms with van der Waals surface area (Å²) in [6.07, 6.45) is 6.08. The van der Waals surface area contributed by atoms with E-state index in [1.807, 2.05) is 6.08 Å². The number of nitrogen functional groups attached to an aromatic ring is 1. The number of carbonyl (C=O) groups excluding carboxylic acids is 1. The van der Waals surface area contributed by atoms with Gasteiger partial charge >= 0.3 is 0 Å². The molecule has 1 rings (SSSR count). The van der Waals surface area contributed by atoms with Gasteiger partial charge in [-0.3, -0.25) is 4.79 Å². The zero-order valence-electron chi connectivity index (χ0n) is 9.92. The molecule has 0 bridgehead atoms. The normalized spacial score (nSPS) is 10.2. The van der Waals surface area contributed by atoms with E-state index in [1.54, 1.807) is 6.07 Å². The predicted molar refractivity (Wildman–Crippen MR) is 68.4 cm³/mol. The van der Waals surface area contributed by atoms with E-state index in [1.165, 1.54) is 12.1 Å². The molecule has 1 aromatic rings. The molecule has 0 aliphatic carbocycles. The van der Waals surface area contributed by atoms with Gasteiger partial charge in [-0.15, -0.1) is 6.58 Å². The highest BCUT2D eigenvalue weighted by molar-refractivity contribution is 6.00. The van der Waals surface area contributed by atoms with Crippen LogP contribution in [-0.4, -0.2) is 5.78 Å². The lowest BCUT2D eigenvalue weighted by atomic mass is 10.0. The molecule has 3 heteroatoms. The van der Waals surface area contributed by atoms with Gasteiger partial charge in [0.1, 0.15) is 5.82 Å². The molecule has 0 fully saturated rings. The standard InChI is InChI=1S/C14H18FNO/c1-2-3-4-5-6-10-13(17)11-8-7-9-12(15)14(11)16/h2,7-9H,1,3-6,10,16H2. The summed E-state index contributed by atoms with van der Waals surface area (Å²) in [6.45, 7) is 3.64. The molecule has 0 unspecified atom stereocenters. The van der Waals surface area contributed by atoms with Gasteiger partial charge in [0.15, 0.2) is 5.78 Å². The number of anilines is 1. The fraction of sp³-hybridized carbons (Fsp3) is 0.357. The number of hydrogen-bond acceptors (Lipinski definition) is 2. The van der Waals surface area contributed by atoms with Gasteiger partial charge in [0.05, 0.1) is 5.69 Å². The third kappa shape index (κ3) is 4.02. The number of Topliss-reactive ketones (excluding diaryl/α,β-unsaturated/α-hetero) is 1. The largest absolute Gasteiger partial charge is 0.396 e. The van der Waals surface area contributed by atoms with Gasteiger partial charge in [0.2, 0.25) is 0 Å². The van der Waals surface area contributed by atoms with Crippen molar-refractivity contribution in [3.8, 4) is 0 Å². The third-order valence-electron chi connectivity index (χ3n) is 2.67. The van der Waals surface area contributed by atoms with E-state index in [-0.39, 0.29) is 11.5 Å². The van der Waals surface area contributed by atoms with Crippen molar-refractivity contribution < 1.29 is 9.18 Å². The molecule has 0 radical (unpaired) electrons. The highest BCUT2D eigenvalue weighted by atomic mass is 19.1. The monoisotopic (exact) mass is 235 g/mol. The van der Waals surface area contributed by atoms with Crippen molar-refractivity contribution in [2.75, 3.05) is 5.73 Å². The molecule has 0 heterocycles. The smallest absolute Gasteiger partial charge is 0.165 e. The van der Waals surface area contributed by atoms with Crippen LogP contribution in [0, 0.1) is 5.82 Å². The molecule has 0 saturated carbocycles. The molecule has 92 valence electrons. The van der Waals surface area contributed by atoms with Crippen LogP contribution in [-0.2, 0) is 0 Å². The molecule has 0 amide bonds. The fourth-order valence-corrected chi connectivity index (χ4v) is 1.67. The van der Waals surface area contributed by atoms with Crippen molar-refractivity contribution in [3.63, 3.8) is 0 Å². The van der Waals surface area contributed by atoms with Crippen molar-refractivity contribution in [2.24, 2.45) is 0 Å². The minimum absolute atomic E-state index is 0.0383. The molecule has 1 aromatic carbocycles. The summed E-state index contributed by atoms with van der Waals surface area (Å²) in [7, 11) is 0. The number of rotatable bonds is 7. The molecule has 2 nitrogen and oxygen atoms in total. The molecule has 0 aromatic heterocycles. The summed E-state index contributed by atoms with van der Waals surface area (Å²) in [4.78, 5) is 11.8. The van der Waals surface area contributed by atoms with Gasteiger partial charge in [0, 0.05) is 12.0 Å². The van der Waals surface area contributed by atoms with Crippen LogP contribution in [0.4, 0.5) is 10.1 Å². The van der Waals surface area contributed by atoms with Crippen LogP contribution in [0.15, 0.2) is 30.9 Å².